The van der Waals surface area contributed by atoms with Gasteiger partial charge in [-0.3, -0.25) is 24.0 Å². The minimum Gasteiger partial charge on any atom is -0.444 e. The number of nitrogens with zero attached hydrogens (tertiary/aromatic N) is 2. The van der Waals surface area contributed by atoms with Gasteiger partial charge in [0, 0.05) is 24.4 Å². The van der Waals surface area contributed by atoms with E-state index >= 15 is 0 Å². The number of sulfonamides is 1. The highest BCUT2D eigenvalue weighted by atomic mass is 32.2. The molecule has 3 heterocycles. The number of ether oxygens (including phenoxy) is 2. The number of hydrogen-bond acceptors (Lipinski definition) is 9. The van der Waals surface area contributed by atoms with Crippen molar-refractivity contribution >= 4 is 39.9 Å². The molecule has 0 radical (unpaired) electrons. The number of fused-ring (bicyclic) bond motifs is 3. The van der Waals surface area contributed by atoms with Crippen LogP contribution in [0.4, 0.5) is 14.0 Å². The second-order valence-corrected chi connectivity index (χ2v) is 17.2. The van der Waals surface area contributed by atoms with E-state index in [0.717, 1.165) is 12.8 Å². The van der Waals surface area contributed by atoms with Crippen LogP contribution >= 0.6 is 0 Å². The lowest BCUT2D eigenvalue weighted by molar-refractivity contribution is -0.141. The summed E-state index contributed by atoms with van der Waals surface area (Å²) in [7, 11) is -3.92. The van der Waals surface area contributed by atoms with E-state index in [4.69, 9.17) is 9.47 Å². The molecule has 1 aromatic carbocycles. The van der Waals surface area contributed by atoms with Gasteiger partial charge in [-0.25, -0.2) is 22.4 Å². The standard InChI is InChI=1S/C36H48FN5O9S/c1-4-35(2,3)51-33(46)38-28-14-9-7-5-6-8-12-23-18-36(23,32(45)40-52(48,49)25-15-16-25)39-30(43)29-17-24(20-42(29)31(28)44)50-34(47)41-19-22-11-10-13-27(37)26(22)21-41/h8,10-13,23-25,28-29H,4-7,9,14-21H2,1-3H3,(H,38,46)(H,39,43)(H,40,45)/b12-8-/t23-,24+,28-,29-,36+/m0/s1. The Labute approximate surface area is 303 Å². The van der Waals surface area contributed by atoms with Crippen molar-refractivity contribution in [2.24, 2.45) is 5.92 Å². The van der Waals surface area contributed by atoms with Crippen LogP contribution in [-0.4, -0.2) is 89.2 Å². The Morgan fingerprint density at radius 3 is 2.58 bits per heavy atom. The molecule has 3 aliphatic heterocycles. The molecule has 1 saturated heterocycles. The van der Waals surface area contributed by atoms with Crippen molar-refractivity contribution in [3.8, 4) is 0 Å². The molecule has 1 aromatic rings. The van der Waals surface area contributed by atoms with Crippen LogP contribution in [0.15, 0.2) is 30.4 Å². The van der Waals surface area contributed by atoms with E-state index in [9.17, 15) is 36.8 Å². The Kier molecular flexibility index (Phi) is 10.6. The molecule has 2 saturated carbocycles. The molecule has 2 aliphatic carbocycles. The molecule has 284 valence electrons. The summed E-state index contributed by atoms with van der Waals surface area (Å²) in [5.74, 6) is -3.06. The lowest BCUT2D eigenvalue weighted by Crippen LogP contribution is -2.58. The van der Waals surface area contributed by atoms with Crippen LogP contribution in [0, 0.1) is 11.7 Å². The van der Waals surface area contributed by atoms with Gasteiger partial charge in [-0.2, -0.15) is 0 Å². The number of benzene rings is 1. The molecule has 0 bridgehead atoms. The van der Waals surface area contributed by atoms with Gasteiger partial charge >= 0.3 is 12.2 Å². The maximum atomic E-state index is 14.4. The Balaban J connectivity index is 1.25. The van der Waals surface area contributed by atoms with Gasteiger partial charge in [-0.05, 0) is 70.4 Å². The molecule has 6 rings (SSSR count). The predicted molar refractivity (Wildman–Crippen MR) is 185 cm³/mol. The molecule has 0 spiro atoms. The summed E-state index contributed by atoms with van der Waals surface area (Å²) in [6.07, 6.45) is 5.67. The first-order valence-electron chi connectivity index (χ1n) is 18.2. The summed E-state index contributed by atoms with van der Waals surface area (Å²) >= 11 is 0. The molecule has 3 N–H and O–H groups in total. The van der Waals surface area contributed by atoms with E-state index in [1.165, 1.54) is 15.9 Å². The van der Waals surface area contributed by atoms with E-state index in [-0.39, 0.29) is 38.9 Å². The van der Waals surface area contributed by atoms with Crippen LogP contribution in [0.3, 0.4) is 0 Å². The number of alkyl carbamates (subject to hydrolysis) is 1. The van der Waals surface area contributed by atoms with Crippen LogP contribution in [0.1, 0.15) is 96.1 Å². The molecule has 3 fully saturated rings. The van der Waals surface area contributed by atoms with Crippen molar-refractivity contribution in [2.75, 3.05) is 6.54 Å². The largest absolute Gasteiger partial charge is 0.444 e. The SMILES string of the molecule is CCC(C)(C)OC(=O)N[C@H]1CCCCC/C=C\[C@H]2C[C@@]2(C(=O)NS(=O)(=O)C2CC2)NC(=O)[C@@H]2C[C@@H](OC(=O)N3Cc4cccc(F)c4C3)CN2C1=O. The summed E-state index contributed by atoms with van der Waals surface area (Å²) in [6, 6.07) is 2.30. The zero-order valence-corrected chi connectivity index (χ0v) is 30.6. The number of rotatable bonds is 7. The highest BCUT2D eigenvalue weighted by Crippen LogP contribution is 2.46. The quantitative estimate of drug-likeness (QED) is 0.352. The third-order valence-electron chi connectivity index (χ3n) is 10.8. The van der Waals surface area contributed by atoms with Crippen molar-refractivity contribution in [2.45, 2.75) is 133 Å². The van der Waals surface area contributed by atoms with Crippen LogP contribution < -0.4 is 15.4 Å². The highest BCUT2D eigenvalue weighted by molar-refractivity contribution is 7.91. The van der Waals surface area contributed by atoms with Crippen LogP contribution in [0.2, 0.25) is 0 Å². The molecule has 5 atom stereocenters. The molecule has 0 aromatic heterocycles. The van der Waals surface area contributed by atoms with E-state index in [2.05, 4.69) is 15.4 Å². The van der Waals surface area contributed by atoms with Gasteiger partial charge in [0.15, 0.2) is 0 Å². The summed E-state index contributed by atoms with van der Waals surface area (Å²) in [5.41, 5.74) is -1.31. The number of nitrogens with one attached hydrogen (secondary N) is 3. The van der Waals surface area contributed by atoms with Gasteiger partial charge < -0.3 is 25.0 Å². The van der Waals surface area contributed by atoms with Gasteiger partial charge in [-0.15, -0.1) is 0 Å². The van der Waals surface area contributed by atoms with Crippen molar-refractivity contribution in [1.29, 1.82) is 0 Å². The van der Waals surface area contributed by atoms with E-state index < -0.39 is 86.2 Å². The molecule has 0 unspecified atom stereocenters. The average molecular weight is 746 g/mol. The normalized spacial score (nSPS) is 28.6. The Morgan fingerprint density at radius 1 is 1.10 bits per heavy atom. The smallest absolute Gasteiger partial charge is 0.410 e. The number of amides is 5. The molecular weight excluding hydrogens is 697 g/mol. The van der Waals surface area contributed by atoms with Crippen molar-refractivity contribution in [3.63, 3.8) is 0 Å². The van der Waals surface area contributed by atoms with Crippen molar-refractivity contribution < 1.29 is 46.3 Å². The highest BCUT2D eigenvalue weighted by Gasteiger charge is 2.62. The van der Waals surface area contributed by atoms with Crippen LogP contribution in [-0.2, 0) is 47.0 Å². The van der Waals surface area contributed by atoms with Gasteiger partial charge in [0.25, 0.3) is 5.91 Å². The summed E-state index contributed by atoms with van der Waals surface area (Å²) in [6.45, 7) is 5.30. The maximum Gasteiger partial charge on any atom is 0.410 e. The summed E-state index contributed by atoms with van der Waals surface area (Å²) < 4.78 is 53.5. The van der Waals surface area contributed by atoms with Gasteiger partial charge in [0.05, 0.1) is 18.3 Å². The fraction of sp³-hybridized carbons (Fsp3) is 0.639. The first-order chi connectivity index (χ1) is 24.6. The number of hydrogen-bond donors (Lipinski definition) is 3. The number of halogens is 1. The van der Waals surface area contributed by atoms with E-state index in [1.807, 2.05) is 19.1 Å². The lowest BCUT2D eigenvalue weighted by Gasteiger charge is -2.30. The third-order valence-corrected chi connectivity index (χ3v) is 12.6. The zero-order valence-electron chi connectivity index (χ0n) is 29.8. The number of allylic oxidation sites excluding steroid dienone is 1. The first-order valence-corrected chi connectivity index (χ1v) is 19.7. The zero-order chi connectivity index (χ0) is 37.4. The topological polar surface area (TPSA) is 181 Å². The summed E-state index contributed by atoms with van der Waals surface area (Å²) in [4.78, 5) is 71.1. The fourth-order valence-electron chi connectivity index (χ4n) is 7.07. The van der Waals surface area contributed by atoms with Gasteiger partial charge in [0.2, 0.25) is 21.8 Å². The molecule has 14 nitrogen and oxygen atoms in total. The lowest BCUT2D eigenvalue weighted by atomic mass is 10.0. The Hall–Kier alpha value is -4.21. The molecule has 16 heteroatoms. The van der Waals surface area contributed by atoms with E-state index in [1.54, 1.807) is 26.0 Å². The van der Waals surface area contributed by atoms with E-state index in [0.29, 0.717) is 43.2 Å². The second kappa shape index (κ2) is 14.7. The average Bonchev–Trinajstić information content (AvgIpc) is 3.97. The van der Waals surface area contributed by atoms with Crippen LogP contribution in [0.5, 0.6) is 0 Å². The minimum atomic E-state index is -3.92. The van der Waals surface area contributed by atoms with Gasteiger partial charge in [-0.1, -0.05) is 44.1 Å². The number of carbonyl (C=O) groups excluding carboxylic acids is 5. The number of carbonyl (C=O) groups is 5. The monoisotopic (exact) mass is 745 g/mol. The van der Waals surface area contributed by atoms with Crippen molar-refractivity contribution in [1.82, 2.24) is 25.2 Å². The fourth-order valence-corrected chi connectivity index (χ4v) is 8.43. The Morgan fingerprint density at radius 2 is 1.87 bits per heavy atom. The maximum absolute atomic E-state index is 14.4. The molecule has 52 heavy (non-hydrogen) atoms. The second-order valence-electron chi connectivity index (χ2n) is 15.2. The molecule has 5 amide bonds. The van der Waals surface area contributed by atoms with Gasteiger partial charge in [0.1, 0.15) is 35.1 Å². The summed E-state index contributed by atoms with van der Waals surface area (Å²) in [5, 5.41) is 4.83. The van der Waals surface area contributed by atoms with Crippen molar-refractivity contribution in [3.05, 3.63) is 47.3 Å². The third kappa shape index (κ3) is 8.21. The minimum absolute atomic E-state index is 0.00135. The predicted octanol–water partition coefficient (Wildman–Crippen LogP) is 3.53. The first kappa shape index (κ1) is 37.5. The van der Waals surface area contributed by atoms with Crippen LogP contribution in [0.25, 0.3) is 0 Å². The molecular formula is C36H48FN5O9S. The Bertz CT molecular complexity index is 1750. The molecule has 5 aliphatic rings.